The molecule has 0 spiro atoms. The topological polar surface area (TPSA) is 33.2 Å². The second kappa shape index (κ2) is 6.04. The molecular formula is C16H14Cl2N2O. The number of carbonyl (C=O) groups is 1. The summed E-state index contributed by atoms with van der Waals surface area (Å²) in [5, 5.41) is 1.21. The molecule has 0 aliphatic carbocycles. The van der Waals surface area contributed by atoms with Gasteiger partial charge in [0.1, 0.15) is 5.69 Å². The molecule has 1 atom stereocenters. The predicted molar refractivity (Wildman–Crippen MR) is 83.7 cm³/mol. The molecule has 21 heavy (non-hydrogen) atoms. The molecule has 2 aromatic rings. The van der Waals surface area contributed by atoms with Gasteiger partial charge < -0.3 is 4.90 Å². The lowest BCUT2D eigenvalue weighted by molar-refractivity contribution is 0.0729. The van der Waals surface area contributed by atoms with Gasteiger partial charge in [0, 0.05) is 22.8 Å². The van der Waals surface area contributed by atoms with Gasteiger partial charge in [-0.2, -0.15) is 0 Å². The van der Waals surface area contributed by atoms with E-state index in [1.54, 1.807) is 18.3 Å². The van der Waals surface area contributed by atoms with Crippen molar-refractivity contribution in [2.24, 2.45) is 0 Å². The molecule has 1 aliphatic heterocycles. The Morgan fingerprint density at radius 1 is 1.19 bits per heavy atom. The molecule has 3 rings (SSSR count). The van der Waals surface area contributed by atoms with Crippen LogP contribution in [0.25, 0.3) is 0 Å². The highest BCUT2D eigenvalue weighted by Gasteiger charge is 2.31. The summed E-state index contributed by atoms with van der Waals surface area (Å²) >= 11 is 12.0. The van der Waals surface area contributed by atoms with E-state index in [1.165, 1.54) is 0 Å². The van der Waals surface area contributed by atoms with Crippen LogP contribution in [-0.2, 0) is 0 Å². The molecule has 1 saturated heterocycles. The summed E-state index contributed by atoms with van der Waals surface area (Å²) in [6.07, 6.45) is 3.47. The van der Waals surface area contributed by atoms with Crippen LogP contribution >= 0.6 is 23.2 Å². The van der Waals surface area contributed by atoms with Crippen molar-refractivity contribution in [1.82, 2.24) is 9.88 Å². The quantitative estimate of drug-likeness (QED) is 0.823. The summed E-state index contributed by atoms with van der Waals surface area (Å²) in [4.78, 5) is 18.6. The first kappa shape index (κ1) is 14.4. The Kier molecular flexibility index (Phi) is 4.13. The number of pyridine rings is 1. The van der Waals surface area contributed by atoms with E-state index in [9.17, 15) is 4.79 Å². The maximum absolute atomic E-state index is 12.6. The molecule has 5 heteroatoms. The van der Waals surface area contributed by atoms with E-state index in [1.807, 2.05) is 29.2 Å². The second-order valence-electron chi connectivity index (χ2n) is 5.07. The van der Waals surface area contributed by atoms with Crippen molar-refractivity contribution in [2.75, 3.05) is 6.54 Å². The van der Waals surface area contributed by atoms with Crippen LogP contribution in [0.15, 0.2) is 42.6 Å². The van der Waals surface area contributed by atoms with Gasteiger partial charge in [0.15, 0.2) is 0 Å². The summed E-state index contributed by atoms with van der Waals surface area (Å²) in [5.74, 6) is -0.0834. The Labute approximate surface area is 133 Å². The third kappa shape index (κ3) is 3.04. The zero-order valence-electron chi connectivity index (χ0n) is 11.3. The highest BCUT2D eigenvalue weighted by molar-refractivity contribution is 6.31. The van der Waals surface area contributed by atoms with Gasteiger partial charge in [0.2, 0.25) is 0 Å². The second-order valence-corrected chi connectivity index (χ2v) is 5.94. The lowest BCUT2D eigenvalue weighted by Crippen LogP contribution is -2.31. The number of hydrogen-bond acceptors (Lipinski definition) is 2. The highest BCUT2D eigenvalue weighted by Crippen LogP contribution is 2.34. The number of hydrogen-bond donors (Lipinski definition) is 0. The van der Waals surface area contributed by atoms with E-state index in [2.05, 4.69) is 4.98 Å². The average Bonchev–Trinajstić information content (AvgIpc) is 2.96. The van der Waals surface area contributed by atoms with Crippen LogP contribution in [0.2, 0.25) is 10.0 Å². The zero-order chi connectivity index (χ0) is 14.8. The number of benzene rings is 1. The molecule has 1 aliphatic rings. The average molecular weight is 321 g/mol. The Morgan fingerprint density at radius 3 is 2.76 bits per heavy atom. The monoisotopic (exact) mass is 320 g/mol. The van der Waals surface area contributed by atoms with Crippen molar-refractivity contribution in [3.63, 3.8) is 0 Å². The molecule has 0 N–H and O–H groups in total. The number of likely N-dealkylation sites (tertiary alicyclic amines) is 1. The van der Waals surface area contributed by atoms with Gasteiger partial charge in [0.25, 0.3) is 5.91 Å². The van der Waals surface area contributed by atoms with Crippen molar-refractivity contribution in [2.45, 2.75) is 18.9 Å². The van der Waals surface area contributed by atoms with Crippen LogP contribution in [0.5, 0.6) is 0 Å². The molecule has 0 bridgehead atoms. The standard InChI is InChI=1S/C16H14Cl2N2O/c17-12-4-1-3-11(9-12)15-5-2-8-20(15)16(21)14-10-13(18)6-7-19-14/h1,3-4,6-7,9-10,15H,2,5,8H2. The zero-order valence-corrected chi connectivity index (χ0v) is 12.8. The highest BCUT2D eigenvalue weighted by atomic mass is 35.5. The minimum Gasteiger partial charge on any atom is -0.330 e. The van der Waals surface area contributed by atoms with E-state index in [0.29, 0.717) is 15.7 Å². The molecule has 108 valence electrons. The maximum Gasteiger partial charge on any atom is 0.273 e. The minimum atomic E-state index is -0.0834. The summed E-state index contributed by atoms with van der Waals surface area (Å²) < 4.78 is 0. The van der Waals surface area contributed by atoms with Crippen LogP contribution in [0, 0.1) is 0 Å². The molecule has 1 fully saturated rings. The molecule has 1 amide bonds. The third-order valence-electron chi connectivity index (χ3n) is 3.69. The maximum atomic E-state index is 12.6. The van der Waals surface area contributed by atoms with Crippen LogP contribution in [-0.4, -0.2) is 22.3 Å². The van der Waals surface area contributed by atoms with E-state index in [-0.39, 0.29) is 11.9 Å². The fourth-order valence-electron chi connectivity index (χ4n) is 2.74. The number of nitrogens with zero attached hydrogens (tertiary/aromatic N) is 2. The lowest BCUT2D eigenvalue weighted by atomic mass is 10.0. The van der Waals surface area contributed by atoms with Crippen molar-refractivity contribution in [1.29, 1.82) is 0 Å². The minimum absolute atomic E-state index is 0.0528. The first-order valence-electron chi connectivity index (χ1n) is 6.83. The van der Waals surface area contributed by atoms with Crippen molar-refractivity contribution < 1.29 is 4.79 Å². The summed E-state index contributed by atoms with van der Waals surface area (Å²) in [7, 11) is 0. The van der Waals surface area contributed by atoms with Crippen LogP contribution < -0.4 is 0 Å². The fraction of sp³-hybridized carbons (Fsp3) is 0.250. The molecule has 1 aromatic heterocycles. The normalized spacial score (nSPS) is 18.0. The van der Waals surface area contributed by atoms with Gasteiger partial charge in [-0.1, -0.05) is 35.3 Å². The van der Waals surface area contributed by atoms with Crippen molar-refractivity contribution >= 4 is 29.1 Å². The molecular weight excluding hydrogens is 307 g/mol. The van der Waals surface area contributed by atoms with Gasteiger partial charge in [-0.25, -0.2) is 0 Å². The Hall–Kier alpha value is -1.58. The summed E-state index contributed by atoms with van der Waals surface area (Å²) in [5.41, 5.74) is 1.45. The van der Waals surface area contributed by atoms with Crippen molar-refractivity contribution in [3.8, 4) is 0 Å². The Bertz CT molecular complexity index is 675. The predicted octanol–water partition coefficient (Wildman–Crippen LogP) is 4.37. The van der Waals surface area contributed by atoms with Gasteiger partial charge in [0.05, 0.1) is 6.04 Å². The SMILES string of the molecule is O=C(c1cc(Cl)ccn1)N1CCCC1c1cccc(Cl)c1. The third-order valence-corrected chi connectivity index (χ3v) is 4.16. The Balaban J connectivity index is 1.89. The van der Waals surface area contributed by atoms with E-state index in [0.717, 1.165) is 24.9 Å². The number of aromatic nitrogens is 1. The van der Waals surface area contributed by atoms with Gasteiger partial charge >= 0.3 is 0 Å². The molecule has 1 aromatic carbocycles. The van der Waals surface area contributed by atoms with Crippen LogP contribution in [0.1, 0.15) is 34.9 Å². The number of halogens is 2. The first-order chi connectivity index (χ1) is 10.1. The van der Waals surface area contributed by atoms with Gasteiger partial charge in [-0.3, -0.25) is 9.78 Å². The fourth-order valence-corrected chi connectivity index (χ4v) is 3.10. The smallest absolute Gasteiger partial charge is 0.273 e. The van der Waals surface area contributed by atoms with Crippen LogP contribution in [0.3, 0.4) is 0 Å². The van der Waals surface area contributed by atoms with Gasteiger partial charge in [-0.05, 0) is 42.7 Å². The summed E-state index contributed by atoms with van der Waals surface area (Å²) in [6.45, 7) is 0.726. The van der Waals surface area contributed by atoms with E-state index in [4.69, 9.17) is 23.2 Å². The van der Waals surface area contributed by atoms with Crippen LogP contribution in [0.4, 0.5) is 0 Å². The van der Waals surface area contributed by atoms with E-state index < -0.39 is 0 Å². The number of carbonyl (C=O) groups excluding carboxylic acids is 1. The molecule has 0 saturated carbocycles. The van der Waals surface area contributed by atoms with E-state index >= 15 is 0 Å². The van der Waals surface area contributed by atoms with Gasteiger partial charge in [-0.15, -0.1) is 0 Å². The first-order valence-corrected chi connectivity index (χ1v) is 7.59. The molecule has 1 unspecified atom stereocenters. The lowest BCUT2D eigenvalue weighted by Gasteiger charge is -2.25. The van der Waals surface area contributed by atoms with Crippen molar-refractivity contribution in [3.05, 3.63) is 63.9 Å². The molecule has 0 radical (unpaired) electrons. The molecule has 2 heterocycles. The number of amides is 1. The summed E-state index contributed by atoms with van der Waals surface area (Å²) in [6, 6.07) is 11.0. The Morgan fingerprint density at radius 2 is 2.00 bits per heavy atom. The molecule has 3 nitrogen and oxygen atoms in total. The largest absolute Gasteiger partial charge is 0.330 e. The number of rotatable bonds is 2.